The number of rotatable bonds is 7. The average Bonchev–Trinajstić information content (AvgIpc) is 2.39. The third-order valence-corrected chi connectivity index (χ3v) is 2.74. The molecule has 1 rings (SSSR count). The summed E-state index contributed by atoms with van der Waals surface area (Å²) < 4.78 is 13.3. The lowest BCUT2D eigenvalue weighted by Gasteiger charge is -2.17. The van der Waals surface area contributed by atoms with Gasteiger partial charge in [-0.15, -0.1) is 0 Å². The number of amides is 1. The molecule has 0 fully saturated rings. The van der Waals surface area contributed by atoms with E-state index in [-0.39, 0.29) is 12.5 Å². The number of carbonyl (C=O) groups is 2. The van der Waals surface area contributed by atoms with Crippen molar-refractivity contribution in [2.45, 2.75) is 13.5 Å². The van der Waals surface area contributed by atoms with Gasteiger partial charge in [0.05, 0.1) is 6.54 Å². The Balaban J connectivity index is 2.82. The number of nitrogens with one attached hydrogen (secondary N) is 1. The molecule has 0 aromatic heterocycles. The number of likely N-dealkylation sites (N-methyl/N-ethyl adjacent to an activating group) is 2. The van der Waals surface area contributed by atoms with Crippen LogP contribution in [-0.4, -0.2) is 42.0 Å². The molecule has 0 unspecified atom stereocenters. The Morgan fingerprint density at radius 1 is 1.43 bits per heavy atom. The molecule has 0 atom stereocenters. The maximum Gasteiger partial charge on any atom is 0.328 e. The van der Waals surface area contributed by atoms with E-state index < -0.39 is 11.8 Å². The second-order valence-electron chi connectivity index (χ2n) is 4.64. The summed E-state index contributed by atoms with van der Waals surface area (Å²) in [4.78, 5) is 23.8. The first-order chi connectivity index (χ1) is 9.92. The molecule has 0 radical (unpaired) electrons. The first kappa shape index (κ1) is 16.8. The molecule has 114 valence electrons. The predicted octanol–water partition coefficient (Wildman–Crippen LogP) is 1.49. The van der Waals surface area contributed by atoms with Crippen molar-refractivity contribution < 1.29 is 19.1 Å². The van der Waals surface area contributed by atoms with Crippen molar-refractivity contribution in [3.05, 3.63) is 41.2 Å². The Hall–Kier alpha value is -2.21. The summed E-state index contributed by atoms with van der Waals surface area (Å²) in [5, 5.41) is 11.3. The first-order valence-electron chi connectivity index (χ1n) is 6.57. The van der Waals surface area contributed by atoms with Gasteiger partial charge in [0.2, 0.25) is 5.91 Å². The summed E-state index contributed by atoms with van der Waals surface area (Å²) in [7, 11) is 1.77. The maximum atomic E-state index is 13.3. The third-order valence-electron chi connectivity index (χ3n) is 2.74. The molecule has 0 aliphatic carbocycles. The van der Waals surface area contributed by atoms with E-state index in [4.69, 9.17) is 5.11 Å². The fourth-order valence-electron chi connectivity index (χ4n) is 1.87. The summed E-state index contributed by atoms with van der Waals surface area (Å²) >= 11 is 0. The largest absolute Gasteiger partial charge is 0.478 e. The van der Waals surface area contributed by atoms with E-state index >= 15 is 0 Å². The van der Waals surface area contributed by atoms with Gasteiger partial charge in [-0.25, -0.2) is 9.18 Å². The highest BCUT2D eigenvalue weighted by Gasteiger charge is 2.09. The molecule has 0 heterocycles. The predicted molar refractivity (Wildman–Crippen MR) is 78.1 cm³/mol. The first-order valence-corrected chi connectivity index (χ1v) is 6.57. The smallest absolute Gasteiger partial charge is 0.328 e. The standard InChI is InChI=1S/C15H19FN2O3/c1-3-17-14(19)10-18(2)9-12-4-6-13(16)8-11(12)5-7-15(20)21/h4-8H,3,9-10H2,1-2H3,(H,17,19)(H,20,21). The summed E-state index contributed by atoms with van der Waals surface area (Å²) in [5.74, 6) is -1.62. The summed E-state index contributed by atoms with van der Waals surface area (Å²) in [5.41, 5.74) is 1.24. The van der Waals surface area contributed by atoms with E-state index in [2.05, 4.69) is 5.32 Å². The van der Waals surface area contributed by atoms with Crippen molar-refractivity contribution in [2.24, 2.45) is 0 Å². The molecule has 0 bridgehead atoms. The normalized spacial score (nSPS) is 11.0. The summed E-state index contributed by atoms with van der Waals surface area (Å²) in [6.45, 7) is 3.03. The number of carbonyl (C=O) groups excluding carboxylic acids is 1. The summed E-state index contributed by atoms with van der Waals surface area (Å²) in [6, 6.07) is 4.17. The van der Waals surface area contributed by atoms with Crippen molar-refractivity contribution in [2.75, 3.05) is 20.1 Å². The number of hydrogen-bond donors (Lipinski definition) is 2. The Morgan fingerprint density at radius 3 is 2.76 bits per heavy atom. The van der Waals surface area contributed by atoms with Gasteiger partial charge in [-0.3, -0.25) is 9.69 Å². The number of aliphatic carboxylic acids is 1. The van der Waals surface area contributed by atoms with Crippen LogP contribution in [0.15, 0.2) is 24.3 Å². The highest BCUT2D eigenvalue weighted by Crippen LogP contribution is 2.15. The van der Waals surface area contributed by atoms with Crippen LogP contribution in [0, 0.1) is 5.82 Å². The molecule has 1 aromatic rings. The van der Waals surface area contributed by atoms with E-state index in [0.717, 1.165) is 11.6 Å². The van der Waals surface area contributed by atoms with E-state index in [9.17, 15) is 14.0 Å². The van der Waals surface area contributed by atoms with Crippen molar-refractivity contribution in [3.63, 3.8) is 0 Å². The van der Waals surface area contributed by atoms with E-state index in [0.29, 0.717) is 18.7 Å². The van der Waals surface area contributed by atoms with Crippen molar-refractivity contribution in [3.8, 4) is 0 Å². The minimum Gasteiger partial charge on any atom is -0.478 e. The van der Waals surface area contributed by atoms with Gasteiger partial charge in [0.15, 0.2) is 0 Å². The number of carboxylic acids is 1. The van der Waals surface area contributed by atoms with Gasteiger partial charge in [0.1, 0.15) is 5.82 Å². The van der Waals surface area contributed by atoms with Gasteiger partial charge in [-0.1, -0.05) is 6.07 Å². The molecule has 21 heavy (non-hydrogen) atoms. The lowest BCUT2D eigenvalue weighted by Crippen LogP contribution is -2.34. The van der Waals surface area contributed by atoms with E-state index in [1.54, 1.807) is 18.0 Å². The molecule has 2 N–H and O–H groups in total. The molecular formula is C15H19FN2O3. The van der Waals surface area contributed by atoms with Gasteiger partial charge in [-0.2, -0.15) is 0 Å². The number of hydrogen-bond acceptors (Lipinski definition) is 3. The number of nitrogens with zero attached hydrogens (tertiary/aromatic N) is 1. The Kier molecular flexibility index (Phi) is 6.55. The summed E-state index contributed by atoms with van der Waals surface area (Å²) in [6.07, 6.45) is 2.31. The fourth-order valence-corrected chi connectivity index (χ4v) is 1.87. The Morgan fingerprint density at radius 2 is 2.14 bits per heavy atom. The SMILES string of the molecule is CCNC(=O)CN(C)Cc1ccc(F)cc1C=CC(=O)O. The number of benzene rings is 1. The van der Waals surface area contributed by atoms with Gasteiger partial charge in [-0.05, 0) is 43.3 Å². The van der Waals surface area contributed by atoms with Gasteiger partial charge in [0, 0.05) is 19.2 Å². The molecule has 5 nitrogen and oxygen atoms in total. The average molecular weight is 294 g/mol. The molecule has 0 saturated carbocycles. The highest BCUT2D eigenvalue weighted by molar-refractivity contribution is 5.85. The minimum absolute atomic E-state index is 0.0928. The van der Waals surface area contributed by atoms with Gasteiger partial charge >= 0.3 is 5.97 Å². The fraction of sp³-hybridized carbons (Fsp3) is 0.333. The molecule has 1 amide bonds. The molecule has 0 aliphatic heterocycles. The van der Waals surface area contributed by atoms with Crippen LogP contribution in [0.25, 0.3) is 6.08 Å². The van der Waals surface area contributed by atoms with Crippen LogP contribution >= 0.6 is 0 Å². The van der Waals surface area contributed by atoms with Crippen LogP contribution in [0.2, 0.25) is 0 Å². The van der Waals surface area contributed by atoms with Crippen molar-refractivity contribution in [1.29, 1.82) is 0 Å². The zero-order chi connectivity index (χ0) is 15.8. The second-order valence-corrected chi connectivity index (χ2v) is 4.64. The van der Waals surface area contributed by atoms with Crippen LogP contribution in [-0.2, 0) is 16.1 Å². The van der Waals surface area contributed by atoms with Crippen LogP contribution in [0.4, 0.5) is 4.39 Å². The van der Waals surface area contributed by atoms with Crippen molar-refractivity contribution in [1.82, 2.24) is 10.2 Å². The zero-order valence-corrected chi connectivity index (χ0v) is 12.1. The lowest BCUT2D eigenvalue weighted by molar-refractivity contribution is -0.131. The van der Waals surface area contributed by atoms with Crippen LogP contribution < -0.4 is 5.32 Å². The molecule has 0 saturated heterocycles. The Bertz CT molecular complexity index is 544. The monoisotopic (exact) mass is 294 g/mol. The van der Waals surface area contributed by atoms with E-state index in [1.165, 1.54) is 18.2 Å². The molecule has 1 aromatic carbocycles. The van der Waals surface area contributed by atoms with Crippen molar-refractivity contribution >= 4 is 18.0 Å². The van der Waals surface area contributed by atoms with Gasteiger partial charge < -0.3 is 10.4 Å². The van der Waals surface area contributed by atoms with E-state index in [1.807, 2.05) is 6.92 Å². The number of halogens is 1. The maximum absolute atomic E-state index is 13.3. The molecule has 6 heteroatoms. The topological polar surface area (TPSA) is 69.6 Å². The quantitative estimate of drug-likeness (QED) is 0.748. The highest BCUT2D eigenvalue weighted by atomic mass is 19.1. The minimum atomic E-state index is -1.10. The molecule has 0 spiro atoms. The van der Waals surface area contributed by atoms with Crippen LogP contribution in [0.1, 0.15) is 18.1 Å². The molecular weight excluding hydrogens is 275 g/mol. The van der Waals surface area contributed by atoms with Crippen LogP contribution in [0.5, 0.6) is 0 Å². The second kappa shape index (κ2) is 8.16. The molecule has 0 aliphatic rings. The lowest BCUT2D eigenvalue weighted by atomic mass is 10.1. The van der Waals surface area contributed by atoms with Gasteiger partial charge in [0.25, 0.3) is 0 Å². The Labute approximate surface area is 123 Å². The zero-order valence-electron chi connectivity index (χ0n) is 12.1. The van der Waals surface area contributed by atoms with Crippen LogP contribution in [0.3, 0.4) is 0 Å². The third kappa shape index (κ3) is 6.18. The number of carboxylic acid groups (broad SMARTS) is 1.